The number of anilines is 2. The van der Waals surface area contributed by atoms with E-state index in [4.69, 9.17) is 0 Å². The van der Waals surface area contributed by atoms with E-state index < -0.39 is 5.92 Å². The van der Waals surface area contributed by atoms with Crippen LogP contribution in [0.5, 0.6) is 0 Å². The molecule has 1 unspecified atom stereocenters. The summed E-state index contributed by atoms with van der Waals surface area (Å²) in [4.78, 5) is 28.1. The number of nitriles is 1. The third-order valence-electron chi connectivity index (χ3n) is 6.71. The first-order chi connectivity index (χ1) is 17.0. The maximum atomic E-state index is 12.9. The molecule has 0 aliphatic carbocycles. The largest absolute Gasteiger partial charge is 0.384 e. The van der Waals surface area contributed by atoms with E-state index in [-0.39, 0.29) is 11.8 Å². The van der Waals surface area contributed by atoms with Crippen LogP contribution in [0.15, 0.2) is 60.7 Å². The molecule has 0 aromatic heterocycles. The number of carbonyl (C=O) groups excluding carboxylic acids is 2. The Hall–Kier alpha value is -4.15. The molecule has 3 aromatic carbocycles. The Labute approximate surface area is 204 Å². The van der Waals surface area contributed by atoms with Gasteiger partial charge in [-0.2, -0.15) is 5.26 Å². The monoisotopic (exact) mass is 465 g/mol. The van der Waals surface area contributed by atoms with Gasteiger partial charge in [0.15, 0.2) is 0 Å². The van der Waals surface area contributed by atoms with Crippen molar-refractivity contribution in [2.75, 3.05) is 30.8 Å². The van der Waals surface area contributed by atoms with Crippen molar-refractivity contribution in [3.05, 3.63) is 94.0 Å². The van der Waals surface area contributed by atoms with Gasteiger partial charge in [-0.3, -0.25) is 9.59 Å². The molecule has 3 N–H and O–H groups in total. The van der Waals surface area contributed by atoms with Crippen molar-refractivity contribution in [3.63, 3.8) is 0 Å². The minimum absolute atomic E-state index is 0.146. The SMILES string of the molecule is CN1CCc2ccc(NC(=O)c3cccc(CNC(=O)C4CNc5cccc(C#N)c54)c3)cc2C1. The first kappa shape index (κ1) is 22.6. The molecular formula is C28H27N5O2. The van der Waals surface area contributed by atoms with Gasteiger partial charge in [0.2, 0.25) is 5.91 Å². The number of benzene rings is 3. The van der Waals surface area contributed by atoms with Crippen molar-refractivity contribution in [2.45, 2.75) is 25.4 Å². The highest BCUT2D eigenvalue weighted by atomic mass is 16.2. The Morgan fingerprint density at radius 3 is 2.83 bits per heavy atom. The fraction of sp³-hybridized carbons (Fsp3) is 0.250. The fourth-order valence-corrected chi connectivity index (χ4v) is 4.84. The average molecular weight is 466 g/mol. The maximum absolute atomic E-state index is 12.9. The molecule has 2 aliphatic heterocycles. The number of nitrogens with zero attached hydrogens (tertiary/aromatic N) is 2. The summed E-state index contributed by atoms with van der Waals surface area (Å²) in [6, 6.07) is 21.0. The van der Waals surface area contributed by atoms with Gasteiger partial charge in [-0.25, -0.2) is 0 Å². The molecule has 7 nitrogen and oxygen atoms in total. The van der Waals surface area contributed by atoms with Crippen LogP contribution in [0.1, 0.15) is 44.1 Å². The van der Waals surface area contributed by atoms with Crippen molar-refractivity contribution in [2.24, 2.45) is 0 Å². The van der Waals surface area contributed by atoms with Gasteiger partial charge in [-0.05, 0) is 66.6 Å². The van der Waals surface area contributed by atoms with Crippen LogP contribution in [-0.2, 0) is 24.3 Å². The summed E-state index contributed by atoms with van der Waals surface area (Å²) >= 11 is 0. The van der Waals surface area contributed by atoms with E-state index in [0.29, 0.717) is 24.2 Å². The van der Waals surface area contributed by atoms with Gasteiger partial charge in [0, 0.05) is 48.7 Å². The first-order valence-corrected chi connectivity index (χ1v) is 11.8. The number of hydrogen-bond donors (Lipinski definition) is 3. The molecule has 5 rings (SSSR count). The van der Waals surface area contributed by atoms with Crippen LogP contribution in [0, 0.1) is 11.3 Å². The van der Waals surface area contributed by atoms with E-state index in [9.17, 15) is 14.9 Å². The summed E-state index contributed by atoms with van der Waals surface area (Å²) in [6.07, 6.45) is 1.02. The number of carbonyl (C=O) groups is 2. The number of nitrogens with one attached hydrogen (secondary N) is 3. The zero-order chi connectivity index (χ0) is 24.4. The summed E-state index contributed by atoms with van der Waals surface area (Å²) in [5, 5.41) is 18.6. The van der Waals surface area contributed by atoms with Crippen molar-refractivity contribution < 1.29 is 9.59 Å². The van der Waals surface area contributed by atoms with Gasteiger partial charge < -0.3 is 20.9 Å². The summed E-state index contributed by atoms with van der Waals surface area (Å²) in [5.74, 6) is -0.752. The molecule has 0 spiro atoms. The molecule has 3 aromatic rings. The quantitative estimate of drug-likeness (QED) is 0.535. The van der Waals surface area contributed by atoms with Gasteiger partial charge in [-0.15, -0.1) is 0 Å². The Morgan fingerprint density at radius 1 is 1.11 bits per heavy atom. The Morgan fingerprint density at radius 2 is 1.97 bits per heavy atom. The highest BCUT2D eigenvalue weighted by Gasteiger charge is 2.30. The van der Waals surface area contributed by atoms with Crippen molar-refractivity contribution in [1.29, 1.82) is 5.26 Å². The van der Waals surface area contributed by atoms with Crippen LogP contribution in [-0.4, -0.2) is 36.9 Å². The fourth-order valence-electron chi connectivity index (χ4n) is 4.84. The Bertz CT molecular complexity index is 1340. The predicted molar refractivity (Wildman–Crippen MR) is 135 cm³/mol. The summed E-state index contributed by atoms with van der Waals surface area (Å²) in [7, 11) is 2.10. The molecule has 0 saturated carbocycles. The van der Waals surface area contributed by atoms with Crippen LogP contribution in [0.2, 0.25) is 0 Å². The third kappa shape index (κ3) is 4.75. The molecule has 2 aliphatic rings. The Balaban J connectivity index is 1.23. The van der Waals surface area contributed by atoms with Gasteiger partial charge >= 0.3 is 0 Å². The van der Waals surface area contributed by atoms with Gasteiger partial charge in [-0.1, -0.05) is 24.3 Å². The smallest absolute Gasteiger partial charge is 0.255 e. The van der Waals surface area contributed by atoms with Crippen LogP contribution < -0.4 is 16.0 Å². The predicted octanol–water partition coefficient (Wildman–Crippen LogP) is 3.62. The summed E-state index contributed by atoms with van der Waals surface area (Å²) in [5.41, 5.74) is 6.82. The molecular weight excluding hydrogens is 438 g/mol. The van der Waals surface area contributed by atoms with Gasteiger partial charge in [0.1, 0.15) is 0 Å². The van der Waals surface area contributed by atoms with E-state index in [1.165, 1.54) is 11.1 Å². The van der Waals surface area contributed by atoms with Crippen molar-refractivity contribution in [1.82, 2.24) is 10.2 Å². The van der Waals surface area contributed by atoms with Gasteiger partial charge in [0.25, 0.3) is 5.91 Å². The molecule has 0 radical (unpaired) electrons. The van der Waals surface area contributed by atoms with Crippen LogP contribution >= 0.6 is 0 Å². The molecule has 2 heterocycles. The van der Waals surface area contributed by atoms with E-state index in [1.54, 1.807) is 18.2 Å². The van der Waals surface area contributed by atoms with Crippen LogP contribution in [0.4, 0.5) is 11.4 Å². The molecule has 7 heteroatoms. The average Bonchev–Trinajstić information content (AvgIpc) is 3.32. The number of amides is 2. The van der Waals surface area contributed by atoms with E-state index in [2.05, 4.69) is 46.1 Å². The Kier molecular flexibility index (Phi) is 6.21. The highest BCUT2D eigenvalue weighted by Crippen LogP contribution is 2.34. The highest BCUT2D eigenvalue weighted by molar-refractivity contribution is 6.04. The maximum Gasteiger partial charge on any atom is 0.255 e. The third-order valence-corrected chi connectivity index (χ3v) is 6.71. The lowest BCUT2D eigenvalue weighted by molar-refractivity contribution is -0.122. The zero-order valence-corrected chi connectivity index (χ0v) is 19.6. The van der Waals surface area contributed by atoms with E-state index >= 15 is 0 Å². The lowest BCUT2D eigenvalue weighted by atomic mass is 9.95. The lowest BCUT2D eigenvalue weighted by Gasteiger charge is -2.25. The van der Waals surface area contributed by atoms with Crippen molar-refractivity contribution in [3.8, 4) is 6.07 Å². The molecule has 1 atom stereocenters. The number of hydrogen-bond acceptors (Lipinski definition) is 5. The molecule has 0 bridgehead atoms. The minimum Gasteiger partial charge on any atom is -0.384 e. The van der Waals surface area contributed by atoms with E-state index in [1.807, 2.05) is 30.3 Å². The normalized spacial score (nSPS) is 16.4. The molecule has 35 heavy (non-hydrogen) atoms. The number of rotatable bonds is 5. The minimum atomic E-state index is -0.421. The van der Waals surface area contributed by atoms with Crippen molar-refractivity contribution >= 4 is 23.2 Å². The van der Waals surface area contributed by atoms with Crippen LogP contribution in [0.25, 0.3) is 0 Å². The number of likely N-dealkylation sites (N-methyl/N-ethyl adjacent to an activating group) is 1. The summed E-state index contributed by atoms with van der Waals surface area (Å²) < 4.78 is 0. The second kappa shape index (κ2) is 9.61. The second-order valence-electron chi connectivity index (χ2n) is 9.16. The van der Waals surface area contributed by atoms with E-state index in [0.717, 1.165) is 42.0 Å². The zero-order valence-electron chi connectivity index (χ0n) is 19.6. The first-order valence-electron chi connectivity index (χ1n) is 11.8. The summed E-state index contributed by atoms with van der Waals surface area (Å²) in [6.45, 7) is 2.68. The van der Waals surface area contributed by atoms with Gasteiger partial charge in [0.05, 0.1) is 17.6 Å². The molecule has 0 saturated heterocycles. The standard InChI is InChI=1S/C28H27N5O2/c1-33-11-10-19-8-9-23(13-22(19)17-33)32-27(34)20-5-2-4-18(12-20)15-31-28(35)24-16-30-25-7-3-6-21(14-29)26(24)25/h2-9,12-13,24,30H,10-11,15-17H2,1H3,(H,31,35)(H,32,34). The number of fused-ring (bicyclic) bond motifs is 2. The molecule has 0 fully saturated rings. The van der Waals surface area contributed by atoms with Crippen LogP contribution in [0.3, 0.4) is 0 Å². The molecule has 176 valence electrons. The molecule has 2 amide bonds. The second-order valence-corrected chi connectivity index (χ2v) is 9.16. The lowest BCUT2D eigenvalue weighted by Crippen LogP contribution is -2.30. The topological polar surface area (TPSA) is 97.3 Å².